The van der Waals surface area contributed by atoms with E-state index in [-0.39, 0.29) is 0 Å². The maximum absolute atomic E-state index is 10.2. The van der Waals surface area contributed by atoms with Crippen LogP contribution >= 0.6 is 11.6 Å². The van der Waals surface area contributed by atoms with Crippen LogP contribution in [0, 0.1) is 0 Å². The molecule has 2 heteroatoms. The lowest BCUT2D eigenvalue weighted by atomic mass is 10.2. The summed E-state index contributed by atoms with van der Waals surface area (Å²) in [4.78, 5) is 10.2. The lowest BCUT2D eigenvalue weighted by Crippen LogP contribution is -1.75. The predicted octanol–water partition coefficient (Wildman–Crippen LogP) is 2.61. The maximum Gasteiger partial charge on any atom is 0.245 e. The summed E-state index contributed by atoms with van der Waals surface area (Å²) in [6.45, 7) is 7.11. The van der Waals surface area contributed by atoms with Crippen molar-refractivity contribution in [3.05, 3.63) is 49.1 Å². The summed E-state index contributed by atoms with van der Waals surface area (Å²) < 4.78 is 0. The summed E-state index contributed by atoms with van der Waals surface area (Å²) in [6, 6.07) is 0. The van der Waals surface area contributed by atoms with E-state index >= 15 is 0 Å². The van der Waals surface area contributed by atoms with Crippen molar-refractivity contribution < 1.29 is 4.79 Å². The normalized spacial score (nSPS) is 10.6. The fraction of sp³-hybridized carbons (Fsp3) is 0. The van der Waals surface area contributed by atoms with Crippen LogP contribution in [0.2, 0.25) is 0 Å². The minimum absolute atomic E-state index is 0.502. The molecule has 0 atom stereocenters. The molecule has 0 aliphatic heterocycles. The fourth-order valence-electron chi connectivity index (χ4n) is 0.420. The molecule has 0 aromatic rings. The molecule has 0 rings (SSSR count). The first kappa shape index (κ1) is 9.92. The molecule has 11 heavy (non-hydrogen) atoms. The molecular weight excluding hydrogens is 160 g/mol. The van der Waals surface area contributed by atoms with Crippen molar-refractivity contribution in [2.24, 2.45) is 0 Å². The average molecular weight is 169 g/mol. The van der Waals surface area contributed by atoms with Crippen molar-refractivity contribution in [2.75, 3.05) is 0 Å². The Morgan fingerprint density at radius 3 is 2.36 bits per heavy atom. The van der Waals surface area contributed by atoms with Crippen LogP contribution in [0.25, 0.3) is 0 Å². The third-order valence-electron chi connectivity index (χ3n) is 0.875. The number of hydrogen-bond acceptors (Lipinski definition) is 1. The molecule has 0 spiro atoms. The van der Waals surface area contributed by atoms with Gasteiger partial charge in [-0.05, 0) is 23.3 Å². The minimum Gasteiger partial charge on any atom is -0.276 e. The van der Waals surface area contributed by atoms with Gasteiger partial charge in [0.1, 0.15) is 0 Å². The molecule has 0 saturated heterocycles. The van der Waals surface area contributed by atoms with Crippen molar-refractivity contribution >= 4 is 16.8 Å². The van der Waals surface area contributed by atoms with Gasteiger partial charge in [0.25, 0.3) is 0 Å². The van der Waals surface area contributed by atoms with Gasteiger partial charge in [-0.25, -0.2) is 0 Å². The highest BCUT2D eigenvalue weighted by atomic mass is 35.5. The minimum atomic E-state index is -0.502. The Morgan fingerprint density at radius 1 is 1.27 bits per heavy atom. The van der Waals surface area contributed by atoms with Gasteiger partial charge in [-0.2, -0.15) is 0 Å². The molecule has 0 aliphatic carbocycles. The third-order valence-corrected chi connectivity index (χ3v) is 1.00. The smallest absolute Gasteiger partial charge is 0.245 e. The highest BCUT2D eigenvalue weighted by Gasteiger charge is 1.84. The molecule has 0 aromatic carbocycles. The molecule has 1 nitrogen and oxygen atoms in total. The first-order valence-electron chi connectivity index (χ1n) is 3.02. The summed E-state index contributed by atoms with van der Waals surface area (Å²) in [5, 5.41) is -0.502. The number of rotatable bonds is 4. The van der Waals surface area contributed by atoms with Crippen LogP contribution < -0.4 is 0 Å². The molecule has 0 saturated carbocycles. The summed E-state index contributed by atoms with van der Waals surface area (Å²) in [5.41, 5.74) is 0.707. The first-order valence-corrected chi connectivity index (χ1v) is 3.40. The van der Waals surface area contributed by atoms with Gasteiger partial charge in [0.15, 0.2) is 0 Å². The number of allylic oxidation sites excluding steroid dienone is 6. The fourth-order valence-corrected chi connectivity index (χ4v) is 0.483. The third kappa shape index (κ3) is 6.81. The highest BCUT2D eigenvalue weighted by Crippen LogP contribution is 1.96. The van der Waals surface area contributed by atoms with Gasteiger partial charge in [-0.15, -0.1) is 0 Å². The van der Waals surface area contributed by atoms with Gasteiger partial charge in [0, 0.05) is 0 Å². The zero-order valence-electron chi connectivity index (χ0n) is 6.09. The second-order valence-electron chi connectivity index (χ2n) is 1.81. The van der Waals surface area contributed by atoms with E-state index in [1.165, 1.54) is 12.2 Å². The molecule has 0 bridgehead atoms. The molecule has 0 aromatic heterocycles. The summed E-state index contributed by atoms with van der Waals surface area (Å²) in [5.74, 6) is 0. The van der Waals surface area contributed by atoms with Gasteiger partial charge >= 0.3 is 0 Å². The monoisotopic (exact) mass is 168 g/mol. The van der Waals surface area contributed by atoms with Crippen LogP contribution in [0.4, 0.5) is 0 Å². The molecule has 0 radical (unpaired) electrons. The molecule has 58 valence electrons. The van der Waals surface area contributed by atoms with Crippen molar-refractivity contribution in [1.82, 2.24) is 0 Å². The molecule has 0 unspecified atom stereocenters. The topological polar surface area (TPSA) is 17.1 Å². The number of carbonyl (C=O) groups is 1. The molecule has 0 heterocycles. The van der Waals surface area contributed by atoms with Gasteiger partial charge in [0.05, 0.1) is 0 Å². The predicted molar refractivity (Wildman–Crippen MR) is 48.5 cm³/mol. The van der Waals surface area contributed by atoms with Crippen LogP contribution in [0.5, 0.6) is 0 Å². The van der Waals surface area contributed by atoms with Crippen molar-refractivity contribution in [3.63, 3.8) is 0 Å². The first-order chi connectivity index (χ1) is 5.16. The van der Waals surface area contributed by atoms with E-state index in [2.05, 4.69) is 13.2 Å². The summed E-state index contributed by atoms with van der Waals surface area (Å²) in [6.07, 6.45) is 7.86. The van der Waals surface area contributed by atoms with Gasteiger partial charge < -0.3 is 0 Å². The zero-order chi connectivity index (χ0) is 8.69. The Balaban J connectivity index is 3.97. The van der Waals surface area contributed by atoms with Crippen LogP contribution in [0.3, 0.4) is 0 Å². The van der Waals surface area contributed by atoms with E-state index in [0.717, 1.165) is 0 Å². The van der Waals surface area contributed by atoms with E-state index in [9.17, 15) is 4.79 Å². The standard InChI is InChI=1S/C9H9ClO/c1-3-4-5-8(2)6-7-9(10)11/h3-7H,1-2H2/b5-4-,7-6+. The number of hydrogen-bond donors (Lipinski definition) is 0. The van der Waals surface area contributed by atoms with E-state index in [0.29, 0.717) is 5.57 Å². The number of carbonyl (C=O) groups excluding carboxylic acids is 1. The molecule has 0 N–H and O–H groups in total. The lowest BCUT2D eigenvalue weighted by molar-refractivity contribution is -0.107. The van der Waals surface area contributed by atoms with Gasteiger partial charge in [-0.3, -0.25) is 4.79 Å². The second kappa shape index (κ2) is 5.69. The second-order valence-corrected chi connectivity index (χ2v) is 2.18. The quantitative estimate of drug-likeness (QED) is 0.358. The molecule has 0 amide bonds. The lowest BCUT2D eigenvalue weighted by Gasteiger charge is -1.84. The van der Waals surface area contributed by atoms with E-state index in [4.69, 9.17) is 11.6 Å². The Morgan fingerprint density at radius 2 is 1.91 bits per heavy atom. The Kier molecular flexibility index (Phi) is 5.13. The molecular formula is C9H9ClO. The largest absolute Gasteiger partial charge is 0.276 e. The SMILES string of the molecule is C=C/C=C\C(=C)/C=C/C(=O)Cl. The Hall–Kier alpha value is -1.08. The van der Waals surface area contributed by atoms with Gasteiger partial charge in [0.2, 0.25) is 5.24 Å². The van der Waals surface area contributed by atoms with E-state index in [1.807, 2.05) is 0 Å². The summed E-state index contributed by atoms with van der Waals surface area (Å²) in [7, 11) is 0. The summed E-state index contributed by atoms with van der Waals surface area (Å²) >= 11 is 5.04. The number of halogens is 1. The Bertz CT molecular complexity index is 224. The zero-order valence-corrected chi connectivity index (χ0v) is 6.84. The average Bonchev–Trinajstić information content (AvgIpc) is 1.97. The van der Waals surface area contributed by atoms with Crippen molar-refractivity contribution in [3.8, 4) is 0 Å². The molecule has 0 fully saturated rings. The Labute approximate surface area is 71.4 Å². The van der Waals surface area contributed by atoms with Crippen LogP contribution in [-0.4, -0.2) is 5.24 Å². The van der Waals surface area contributed by atoms with E-state index < -0.39 is 5.24 Å². The molecule has 0 aliphatic rings. The van der Waals surface area contributed by atoms with Crippen molar-refractivity contribution in [2.45, 2.75) is 0 Å². The van der Waals surface area contributed by atoms with E-state index in [1.54, 1.807) is 18.2 Å². The van der Waals surface area contributed by atoms with Crippen molar-refractivity contribution in [1.29, 1.82) is 0 Å². The van der Waals surface area contributed by atoms with Crippen LogP contribution in [0.15, 0.2) is 49.1 Å². The van der Waals surface area contributed by atoms with Crippen LogP contribution in [-0.2, 0) is 4.79 Å². The van der Waals surface area contributed by atoms with Gasteiger partial charge in [-0.1, -0.05) is 37.5 Å². The maximum atomic E-state index is 10.2. The highest BCUT2D eigenvalue weighted by molar-refractivity contribution is 6.66. The van der Waals surface area contributed by atoms with Crippen LogP contribution in [0.1, 0.15) is 0 Å².